The van der Waals surface area contributed by atoms with Crippen molar-refractivity contribution < 1.29 is 19.1 Å². The number of nitrogens with one attached hydrogen (secondary N) is 2. The highest BCUT2D eigenvalue weighted by molar-refractivity contribution is 6.00. The lowest BCUT2D eigenvalue weighted by molar-refractivity contribution is 0.0698. The van der Waals surface area contributed by atoms with Crippen molar-refractivity contribution in [2.45, 2.75) is 0 Å². The molecular formula is C13H12FN3O3. The van der Waals surface area contributed by atoms with E-state index >= 15 is 0 Å². The fraction of sp³-hybridized carbons (Fsp3) is 0.0769. The van der Waals surface area contributed by atoms with E-state index < -0.39 is 17.8 Å². The number of carboxylic acids is 1. The average molecular weight is 277 g/mol. The first-order valence-corrected chi connectivity index (χ1v) is 5.71. The molecule has 0 unspecified atom stereocenters. The van der Waals surface area contributed by atoms with E-state index in [0.29, 0.717) is 5.69 Å². The van der Waals surface area contributed by atoms with Crippen LogP contribution in [0.3, 0.4) is 0 Å². The Morgan fingerprint density at radius 1 is 1.30 bits per heavy atom. The summed E-state index contributed by atoms with van der Waals surface area (Å²) in [6, 6.07) is 5.14. The van der Waals surface area contributed by atoms with E-state index in [4.69, 9.17) is 5.11 Å². The van der Waals surface area contributed by atoms with Gasteiger partial charge in [-0.25, -0.2) is 14.0 Å². The number of halogens is 1. The fourth-order valence-electron chi connectivity index (χ4n) is 1.70. The molecule has 0 bridgehead atoms. The molecular weight excluding hydrogens is 265 g/mol. The van der Waals surface area contributed by atoms with Crippen LogP contribution < -0.4 is 10.6 Å². The number of hydrogen-bond acceptors (Lipinski definition) is 2. The van der Waals surface area contributed by atoms with Gasteiger partial charge in [-0.05, 0) is 18.2 Å². The molecule has 0 fully saturated rings. The Morgan fingerprint density at radius 2 is 2.05 bits per heavy atom. The maximum absolute atomic E-state index is 13.2. The number of aromatic nitrogens is 1. The minimum absolute atomic E-state index is 0.0853. The molecule has 0 spiro atoms. The van der Waals surface area contributed by atoms with Gasteiger partial charge in [0.1, 0.15) is 11.4 Å². The van der Waals surface area contributed by atoms with E-state index in [2.05, 4.69) is 10.6 Å². The van der Waals surface area contributed by atoms with Gasteiger partial charge in [-0.15, -0.1) is 0 Å². The second-order valence-corrected chi connectivity index (χ2v) is 3.98. The molecule has 20 heavy (non-hydrogen) atoms. The zero-order valence-corrected chi connectivity index (χ0v) is 10.6. The van der Waals surface area contributed by atoms with Crippen LogP contribution in [-0.4, -0.2) is 28.7 Å². The largest absolute Gasteiger partial charge is 0.478 e. The lowest BCUT2D eigenvalue weighted by Gasteiger charge is -2.03. The van der Waals surface area contributed by atoms with Crippen LogP contribution in [0, 0.1) is 5.82 Å². The van der Waals surface area contributed by atoms with Crippen molar-refractivity contribution in [1.29, 1.82) is 0 Å². The fourth-order valence-corrected chi connectivity index (χ4v) is 1.70. The monoisotopic (exact) mass is 277 g/mol. The second-order valence-electron chi connectivity index (χ2n) is 3.98. The van der Waals surface area contributed by atoms with Gasteiger partial charge in [-0.3, -0.25) is 0 Å². The summed E-state index contributed by atoms with van der Waals surface area (Å²) in [7, 11) is 1.42. The summed E-state index contributed by atoms with van der Waals surface area (Å²) >= 11 is 0. The summed E-state index contributed by atoms with van der Waals surface area (Å²) in [5.41, 5.74) is 0.497. The Labute approximate surface area is 113 Å². The molecule has 7 heteroatoms. The average Bonchev–Trinajstić information content (AvgIpc) is 2.82. The highest BCUT2D eigenvalue weighted by atomic mass is 19.1. The molecule has 0 aliphatic rings. The number of rotatable bonds is 3. The summed E-state index contributed by atoms with van der Waals surface area (Å²) in [5.74, 6) is -1.62. The van der Waals surface area contributed by atoms with Crippen molar-refractivity contribution in [1.82, 2.24) is 9.88 Å². The number of benzene rings is 1. The SMILES string of the molecule is CNC(=O)Nc1cn(-c2cccc(F)c2)cc1C(=O)O. The molecule has 1 aromatic heterocycles. The summed E-state index contributed by atoms with van der Waals surface area (Å²) in [6.45, 7) is 0. The summed E-state index contributed by atoms with van der Waals surface area (Å²) in [6.07, 6.45) is 2.72. The van der Waals surface area contributed by atoms with Crippen LogP contribution in [0.4, 0.5) is 14.9 Å². The standard InChI is InChI=1S/C13H12FN3O3/c1-15-13(20)16-11-7-17(6-10(11)12(18)19)9-4-2-3-8(14)5-9/h2-7H,1H3,(H,18,19)(H2,15,16,20). The van der Waals surface area contributed by atoms with E-state index in [0.717, 1.165) is 0 Å². The number of hydrogen-bond donors (Lipinski definition) is 3. The number of urea groups is 1. The number of anilines is 1. The zero-order valence-electron chi connectivity index (χ0n) is 10.6. The van der Waals surface area contributed by atoms with Crippen LogP contribution in [0.1, 0.15) is 10.4 Å². The third-order valence-electron chi connectivity index (χ3n) is 2.64. The smallest absolute Gasteiger partial charge is 0.339 e. The summed E-state index contributed by atoms with van der Waals surface area (Å²) in [5, 5.41) is 13.8. The van der Waals surface area contributed by atoms with Crippen molar-refractivity contribution in [3.63, 3.8) is 0 Å². The molecule has 1 aromatic carbocycles. The molecule has 2 rings (SSSR count). The van der Waals surface area contributed by atoms with Crippen LogP contribution in [0.2, 0.25) is 0 Å². The van der Waals surface area contributed by atoms with E-state index in [-0.39, 0.29) is 11.3 Å². The number of amides is 2. The number of carbonyl (C=O) groups is 2. The normalized spacial score (nSPS) is 10.1. The number of carbonyl (C=O) groups excluding carboxylic acids is 1. The predicted octanol–water partition coefficient (Wildman–Crippen LogP) is 2.07. The predicted molar refractivity (Wildman–Crippen MR) is 70.8 cm³/mol. The molecule has 3 N–H and O–H groups in total. The van der Waals surface area contributed by atoms with Gasteiger partial charge in [-0.2, -0.15) is 0 Å². The van der Waals surface area contributed by atoms with Gasteiger partial charge in [-0.1, -0.05) is 6.07 Å². The number of carboxylic acid groups (broad SMARTS) is 1. The Morgan fingerprint density at radius 3 is 2.65 bits per heavy atom. The molecule has 104 valence electrons. The first-order chi connectivity index (χ1) is 9.51. The first-order valence-electron chi connectivity index (χ1n) is 5.71. The van der Waals surface area contributed by atoms with E-state index in [1.807, 2.05) is 0 Å². The van der Waals surface area contributed by atoms with Gasteiger partial charge < -0.3 is 20.3 Å². The number of aromatic carboxylic acids is 1. The molecule has 0 saturated carbocycles. The molecule has 0 aliphatic carbocycles. The third kappa shape index (κ3) is 2.77. The second kappa shape index (κ2) is 5.43. The van der Waals surface area contributed by atoms with Gasteiger partial charge in [0.15, 0.2) is 0 Å². The van der Waals surface area contributed by atoms with Crippen LogP contribution in [0.15, 0.2) is 36.7 Å². The Balaban J connectivity index is 2.43. The van der Waals surface area contributed by atoms with Crippen molar-refractivity contribution >= 4 is 17.7 Å². The topological polar surface area (TPSA) is 83.4 Å². The van der Waals surface area contributed by atoms with Crippen LogP contribution in [0.25, 0.3) is 5.69 Å². The van der Waals surface area contributed by atoms with Crippen molar-refractivity contribution in [3.8, 4) is 5.69 Å². The molecule has 0 aliphatic heterocycles. The maximum Gasteiger partial charge on any atom is 0.339 e. The maximum atomic E-state index is 13.2. The highest BCUT2D eigenvalue weighted by Crippen LogP contribution is 2.21. The third-order valence-corrected chi connectivity index (χ3v) is 2.64. The Hall–Kier alpha value is -2.83. The van der Waals surface area contributed by atoms with E-state index in [1.54, 1.807) is 6.07 Å². The van der Waals surface area contributed by atoms with Crippen molar-refractivity contribution in [2.75, 3.05) is 12.4 Å². The van der Waals surface area contributed by atoms with Crippen LogP contribution >= 0.6 is 0 Å². The summed E-state index contributed by atoms with van der Waals surface area (Å²) < 4.78 is 14.6. The first kappa shape index (κ1) is 13.6. The minimum atomic E-state index is -1.19. The van der Waals surface area contributed by atoms with Gasteiger partial charge in [0, 0.05) is 25.1 Å². The van der Waals surface area contributed by atoms with Crippen molar-refractivity contribution in [2.24, 2.45) is 0 Å². The highest BCUT2D eigenvalue weighted by Gasteiger charge is 2.16. The minimum Gasteiger partial charge on any atom is -0.478 e. The molecule has 6 nitrogen and oxygen atoms in total. The molecule has 0 radical (unpaired) electrons. The van der Waals surface area contributed by atoms with Gasteiger partial charge in [0.05, 0.1) is 5.69 Å². The lowest BCUT2D eigenvalue weighted by Crippen LogP contribution is -2.25. The van der Waals surface area contributed by atoms with Gasteiger partial charge in [0.2, 0.25) is 0 Å². The Kier molecular flexibility index (Phi) is 3.69. The van der Waals surface area contributed by atoms with Crippen LogP contribution in [-0.2, 0) is 0 Å². The van der Waals surface area contributed by atoms with Gasteiger partial charge in [0.25, 0.3) is 0 Å². The molecule has 1 heterocycles. The molecule has 0 saturated heterocycles. The molecule has 0 atom stereocenters. The van der Waals surface area contributed by atoms with E-state index in [9.17, 15) is 14.0 Å². The molecule has 2 amide bonds. The lowest BCUT2D eigenvalue weighted by atomic mass is 10.3. The van der Waals surface area contributed by atoms with Gasteiger partial charge >= 0.3 is 12.0 Å². The number of nitrogens with zero attached hydrogens (tertiary/aromatic N) is 1. The molecule has 2 aromatic rings. The van der Waals surface area contributed by atoms with E-state index in [1.165, 1.54) is 42.2 Å². The summed E-state index contributed by atoms with van der Waals surface area (Å²) in [4.78, 5) is 22.4. The zero-order chi connectivity index (χ0) is 14.7. The Bertz CT molecular complexity index is 667. The quantitative estimate of drug-likeness (QED) is 0.803. The van der Waals surface area contributed by atoms with Crippen molar-refractivity contribution in [3.05, 3.63) is 48.0 Å². The van der Waals surface area contributed by atoms with Crippen LogP contribution in [0.5, 0.6) is 0 Å².